The van der Waals surface area contributed by atoms with Crippen molar-refractivity contribution in [2.75, 3.05) is 13.1 Å². The van der Waals surface area contributed by atoms with Crippen molar-refractivity contribution in [1.82, 2.24) is 5.32 Å². The average molecular weight is 267 g/mol. The van der Waals surface area contributed by atoms with Crippen molar-refractivity contribution in [2.24, 2.45) is 5.41 Å². The van der Waals surface area contributed by atoms with Gasteiger partial charge < -0.3 is 10.1 Å². The van der Waals surface area contributed by atoms with Gasteiger partial charge in [-0.15, -0.1) is 0 Å². The van der Waals surface area contributed by atoms with Crippen molar-refractivity contribution in [3.8, 4) is 0 Å². The lowest BCUT2D eigenvalue weighted by molar-refractivity contribution is -0.109. The van der Waals surface area contributed by atoms with E-state index in [1.54, 1.807) is 0 Å². The van der Waals surface area contributed by atoms with Crippen LogP contribution in [-0.4, -0.2) is 24.8 Å². The number of ether oxygens (including phenoxy) is 1. The molecule has 0 aromatic carbocycles. The van der Waals surface area contributed by atoms with Crippen LogP contribution in [-0.2, 0) is 4.74 Å². The molecule has 0 spiro atoms. The van der Waals surface area contributed by atoms with Gasteiger partial charge in [-0.1, -0.05) is 33.6 Å². The molecule has 2 heteroatoms. The van der Waals surface area contributed by atoms with Gasteiger partial charge in [-0.25, -0.2) is 0 Å². The second kappa shape index (κ2) is 6.58. The molecular formula is C17H33NO. The lowest BCUT2D eigenvalue weighted by Gasteiger charge is -2.40. The van der Waals surface area contributed by atoms with E-state index in [0.717, 1.165) is 13.1 Å². The molecule has 0 unspecified atom stereocenters. The van der Waals surface area contributed by atoms with Crippen LogP contribution in [0.5, 0.6) is 0 Å². The van der Waals surface area contributed by atoms with E-state index in [0.29, 0.717) is 11.5 Å². The summed E-state index contributed by atoms with van der Waals surface area (Å²) < 4.78 is 6.62. The van der Waals surface area contributed by atoms with Crippen molar-refractivity contribution >= 4 is 0 Å². The van der Waals surface area contributed by atoms with Crippen LogP contribution in [0, 0.1) is 5.41 Å². The van der Waals surface area contributed by atoms with Crippen molar-refractivity contribution < 1.29 is 4.74 Å². The fourth-order valence-electron chi connectivity index (χ4n) is 3.69. The van der Waals surface area contributed by atoms with Gasteiger partial charge in [-0.05, 0) is 56.9 Å². The van der Waals surface area contributed by atoms with E-state index in [4.69, 9.17) is 4.74 Å². The topological polar surface area (TPSA) is 21.3 Å². The Morgan fingerprint density at radius 3 is 2.26 bits per heavy atom. The van der Waals surface area contributed by atoms with Gasteiger partial charge in [-0.3, -0.25) is 0 Å². The van der Waals surface area contributed by atoms with Crippen LogP contribution in [0.4, 0.5) is 0 Å². The Labute approximate surface area is 119 Å². The third-order valence-electron chi connectivity index (χ3n) is 5.09. The molecule has 2 saturated carbocycles. The summed E-state index contributed by atoms with van der Waals surface area (Å²) in [5.41, 5.74) is 0.713. The summed E-state index contributed by atoms with van der Waals surface area (Å²) in [6, 6.07) is 0. The van der Waals surface area contributed by atoms with Crippen LogP contribution in [0.2, 0.25) is 0 Å². The summed E-state index contributed by atoms with van der Waals surface area (Å²) in [5, 5.41) is 3.60. The van der Waals surface area contributed by atoms with Gasteiger partial charge in [0.1, 0.15) is 0 Å². The van der Waals surface area contributed by atoms with Gasteiger partial charge in [-0.2, -0.15) is 0 Å². The maximum absolute atomic E-state index is 6.62. The Hall–Kier alpha value is -0.0800. The lowest BCUT2D eigenvalue weighted by atomic mass is 9.76. The molecule has 0 aromatic rings. The van der Waals surface area contributed by atoms with Crippen LogP contribution < -0.4 is 5.32 Å². The maximum Gasteiger partial charge on any atom is 0.0810 e. The zero-order chi connectivity index (χ0) is 13.8. The first-order valence-electron chi connectivity index (χ1n) is 8.44. The highest BCUT2D eigenvalue weighted by Gasteiger charge is 2.38. The summed E-state index contributed by atoms with van der Waals surface area (Å²) >= 11 is 0. The summed E-state index contributed by atoms with van der Waals surface area (Å²) in [7, 11) is 0. The second-order valence-electron chi connectivity index (χ2n) is 7.55. The highest BCUT2D eigenvalue weighted by molar-refractivity contribution is 4.91. The highest BCUT2D eigenvalue weighted by Crippen LogP contribution is 2.40. The highest BCUT2D eigenvalue weighted by atomic mass is 16.5. The first-order valence-corrected chi connectivity index (χ1v) is 8.44. The van der Waals surface area contributed by atoms with E-state index in [9.17, 15) is 0 Å². The van der Waals surface area contributed by atoms with E-state index in [1.807, 2.05) is 0 Å². The predicted octanol–water partition coefficient (Wildman–Crippen LogP) is 4.28. The molecule has 2 nitrogen and oxygen atoms in total. The van der Waals surface area contributed by atoms with Gasteiger partial charge >= 0.3 is 0 Å². The molecule has 0 radical (unpaired) electrons. The van der Waals surface area contributed by atoms with Crippen LogP contribution in [0.1, 0.15) is 78.6 Å². The molecule has 0 aliphatic heterocycles. The molecule has 0 amide bonds. The molecular weight excluding hydrogens is 234 g/mol. The largest absolute Gasteiger partial charge is 0.370 e. The number of rotatable bonds is 6. The number of nitrogens with one attached hydrogen (secondary N) is 1. The molecule has 2 fully saturated rings. The third kappa shape index (κ3) is 4.46. The van der Waals surface area contributed by atoms with E-state index >= 15 is 0 Å². The van der Waals surface area contributed by atoms with Crippen molar-refractivity contribution in [1.29, 1.82) is 0 Å². The molecule has 0 saturated heterocycles. The standard InChI is InChI=1S/C17H33NO/c1-4-13-18-14-17(9-5-6-10-17)19-15-7-11-16(2,3)12-8-15/h15,18H,4-14H2,1-3H3. The van der Waals surface area contributed by atoms with E-state index < -0.39 is 0 Å². The molecule has 2 aliphatic carbocycles. The van der Waals surface area contributed by atoms with Crippen LogP contribution in [0.15, 0.2) is 0 Å². The Bertz CT molecular complexity index is 258. The van der Waals surface area contributed by atoms with Crippen LogP contribution in [0.3, 0.4) is 0 Å². The summed E-state index contributed by atoms with van der Waals surface area (Å²) in [6.45, 7) is 9.23. The molecule has 0 aromatic heterocycles. The minimum atomic E-state index is 0.168. The zero-order valence-electron chi connectivity index (χ0n) is 13.3. The molecule has 0 bridgehead atoms. The lowest BCUT2D eigenvalue weighted by Crippen LogP contribution is -2.44. The second-order valence-corrected chi connectivity index (χ2v) is 7.55. The zero-order valence-corrected chi connectivity index (χ0v) is 13.3. The molecule has 2 rings (SSSR count). The minimum absolute atomic E-state index is 0.168. The smallest absolute Gasteiger partial charge is 0.0810 e. The van der Waals surface area contributed by atoms with E-state index in [1.165, 1.54) is 57.8 Å². The van der Waals surface area contributed by atoms with Gasteiger partial charge in [0, 0.05) is 6.54 Å². The predicted molar refractivity (Wildman–Crippen MR) is 81.5 cm³/mol. The van der Waals surface area contributed by atoms with Gasteiger partial charge in [0.15, 0.2) is 0 Å². The molecule has 19 heavy (non-hydrogen) atoms. The first kappa shape index (κ1) is 15.3. The molecule has 0 heterocycles. The fourth-order valence-corrected chi connectivity index (χ4v) is 3.69. The monoisotopic (exact) mass is 267 g/mol. The Kier molecular flexibility index (Phi) is 5.30. The molecule has 112 valence electrons. The maximum atomic E-state index is 6.62. The molecule has 0 atom stereocenters. The summed E-state index contributed by atoms with van der Waals surface area (Å²) in [4.78, 5) is 0. The van der Waals surface area contributed by atoms with Gasteiger partial charge in [0.2, 0.25) is 0 Å². The summed E-state index contributed by atoms with van der Waals surface area (Å²) in [5.74, 6) is 0. The normalized spacial score (nSPS) is 26.7. The van der Waals surface area contributed by atoms with Crippen LogP contribution in [0.25, 0.3) is 0 Å². The Morgan fingerprint density at radius 2 is 1.68 bits per heavy atom. The van der Waals surface area contributed by atoms with E-state index in [2.05, 4.69) is 26.1 Å². The quantitative estimate of drug-likeness (QED) is 0.725. The number of hydrogen-bond donors (Lipinski definition) is 1. The fraction of sp³-hybridized carbons (Fsp3) is 1.00. The number of hydrogen-bond acceptors (Lipinski definition) is 2. The van der Waals surface area contributed by atoms with Crippen molar-refractivity contribution in [2.45, 2.75) is 90.3 Å². The van der Waals surface area contributed by atoms with Crippen molar-refractivity contribution in [3.63, 3.8) is 0 Å². The third-order valence-corrected chi connectivity index (χ3v) is 5.09. The SMILES string of the molecule is CCCNCC1(OC2CCC(C)(C)CC2)CCCC1. The molecule has 2 aliphatic rings. The van der Waals surface area contributed by atoms with Crippen molar-refractivity contribution in [3.05, 3.63) is 0 Å². The Balaban J connectivity index is 1.83. The summed E-state index contributed by atoms with van der Waals surface area (Å²) in [6.07, 6.45) is 12.2. The van der Waals surface area contributed by atoms with Gasteiger partial charge in [0.25, 0.3) is 0 Å². The first-order chi connectivity index (χ1) is 9.05. The Morgan fingerprint density at radius 1 is 1.05 bits per heavy atom. The minimum Gasteiger partial charge on any atom is -0.370 e. The molecule has 1 N–H and O–H groups in total. The van der Waals surface area contributed by atoms with Crippen LogP contribution >= 0.6 is 0 Å². The average Bonchev–Trinajstić information content (AvgIpc) is 2.81. The van der Waals surface area contributed by atoms with E-state index in [-0.39, 0.29) is 5.60 Å². The van der Waals surface area contributed by atoms with Gasteiger partial charge in [0.05, 0.1) is 11.7 Å².